The number of likely N-dealkylation sites (tertiary alicyclic amines) is 1. The molecule has 2 aliphatic carbocycles. The number of carbonyl (C=O) groups excluding carboxylic acids is 6. The zero-order chi connectivity index (χ0) is 34.9. The molecule has 6 amide bonds. The predicted octanol–water partition coefficient (Wildman–Crippen LogP) is 3.00. The van der Waals surface area contributed by atoms with Gasteiger partial charge in [-0.05, 0) is 61.7 Å². The molecule has 5 atom stereocenters. The van der Waals surface area contributed by atoms with Gasteiger partial charge in [-0.3, -0.25) is 19.2 Å². The van der Waals surface area contributed by atoms with Crippen molar-refractivity contribution in [2.45, 2.75) is 130 Å². The minimum Gasteiger partial charge on any atom is -0.447 e. The topological polar surface area (TPSA) is 189 Å². The molecule has 2 saturated carbocycles. The second-order valence-electron chi connectivity index (χ2n) is 15.1. The normalized spacial score (nSPS) is 22.4. The molecule has 6 N–H and O–H groups in total. The first kappa shape index (κ1) is 38.1. The molecule has 3 aliphatic rings. The van der Waals surface area contributed by atoms with E-state index < -0.39 is 59.3 Å². The molecule has 13 nitrogen and oxygen atoms in total. The number of nitrogens with one attached hydrogen (secondary N) is 4. The van der Waals surface area contributed by atoms with Crippen molar-refractivity contribution in [2.75, 3.05) is 19.7 Å². The van der Waals surface area contributed by atoms with Gasteiger partial charge in [0.15, 0.2) is 0 Å². The summed E-state index contributed by atoms with van der Waals surface area (Å²) in [6.45, 7) is 12.3. The van der Waals surface area contributed by atoms with Gasteiger partial charge < -0.3 is 36.6 Å². The average Bonchev–Trinajstić information content (AvgIpc) is 3.44. The summed E-state index contributed by atoms with van der Waals surface area (Å²) in [5.74, 6) is -2.41. The third-order valence-electron chi connectivity index (χ3n) is 10.3. The summed E-state index contributed by atoms with van der Waals surface area (Å²) in [6.07, 6.45) is 7.48. The number of Topliss-reactive ketones (excluding diaryl/α,β-unsaturated/α-hetero) is 1. The zero-order valence-electron chi connectivity index (χ0n) is 29.2. The van der Waals surface area contributed by atoms with Crippen molar-refractivity contribution in [3.63, 3.8) is 0 Å². The van der Waals surface area contributed by atoms with E-state index in [1.807, 2.05) is 34.6 Å². The number of carbonyl (C=O) groups is 6. The summed E-state index contributed by atoms with van der Waals surface area (Å²) < 4.78 is 5.33. The van der Waals surface area contributed by atoms with Gasteiger partial charge in [0.1, 0.15) is 18.7 Å². The second kappa shape index (κ2) is 17.1. The minimum absolute atomic E-state index is 0.0316. The summed E-state index contributed by atoms with van der Waals surface area (Å²) in [4.78, 5) is 79.9. The molecule has 0 bridgehead atoms. The van der Waals surface area contributed by atoms with Crippen molar-refractivity contribution in [1.29, 1.82) is 0 Å². The van der Waals surface area contributed by atoms with E-state index in [1.54, 1.807) is 11.8 Å². The SMILES string of the molecule is CCNC(=O)OC[C@@H](NC(=O)N[C@H](C(=O)N1C[C@H](C(C)C)C[C@H]1C(=O)NC(CC1CCC1)C(=O)C(N)=O)C1CCCCC1)C(C)(C)C. The molecular weight excluding hydrogens is 604 g/mol. The summed E-state index contributed by atoms with van der Waals surface area (Å²) in [7, 11) is 0. The molecule has 1 heterocycles. The van der Waals surface area contributed by atoms with E-state index in [2.05, 4.69) is 21.3 Å². The fourth-order valence-corrected chi connectivity index (χ4v) is 6.81. The molecule has 47 heavy (non-hydrogen) atoms. The standard InChI is InChI=1S/C34H58N6O7/c1-7-36-33(46)47-19-26(34(4,5)6)38-32(45)39-27(22-14-9-8-10-15-22)31(44)40-18-23(20(2)3)17-25(40)30(43)37-24(28(41)29(35)42)16-21-12-11-13-21/h20-27H,7-19H2,1-6H3,(H2,35,42)(H,36,46)(H,37,43)(H2,38,39,45)/t23-,24?,25+,26-,27+/m1/s1. The van der Waals surface area contributed by atoms with Crippen LogP contribution in [0.2, 0.25) is 0 Å². The zero-order valence-corrected chi connectivity index (χ0v) is 29.2. The largest absolute Gasteiger partial charge is 0.447 e. The van der Waals surface area contributed by atoms with Gasteiger partial charge in [-0.2, -0.15) is 0 Å². The smallest absolute Gasteiger partial charge is 0.407 e. The molecule has 0 spiro atoms. The van der Waals surface area contributed by atoms with Crippen molar-refractivity contribution >= 4 is 35.6 Å². The van der Waals surface area contributed by atoms with Crippen molar-refractivity contribution in [2.24, 2.45) is 34.8 Å². The summed E-state index contributed by atoms with van der Waals surface area (Å²) in [5.41, 5.74) is 4.87. The predicted molar refractivity (Wildman–Crippen MR) is 177 cm³/mol. The molecule has 0 aromatic rings. The molecular formula is C34H58N6O7. The third kappa shape index (κ3) is 10.8. The Morgan fingerprint density at radius 3 is 2.09 bits per heavy atom. The monoisotopic (exact) mass is 662 g/mol. The lowest BCUT2D eigenvalue weighted by Gasteiger charge is -2.36. The highest BCUT2D eigenvalue weighted by molar-refractivity contribution is 6.37. The van der Waals surface area contributed by atoms with E-state index in [0.29, 0.717) is 25.9 Å². The van der Waals surface area contributed by atoms with Crippen LogP contribution < -0.4 is 27.0 Å². The van der Waals surface area contributed by atoms with Gasteiger partial charge in [-0.25, -0.2) is 9.59 Å². The maximum absolute atomic E-state index is 14.5. The summed E-state index contributed by atoms with van der Waals surface area (Å²) in [6, 6.07) is -3.86. The van der Waals surface area contributed by atoms with E-state index in [0.717, 1.165) is 51.4 Å². The molecule has 3 fully saturated rings. The fourth-order valence-electron chi connectivity index (χ4n) is 6.81. The van der Waals surface area contributed by atoms with Crippen LogP contribution in [0, 0.1) is 29.1 Å². The highest BCUT2D eigenvalue weighted by Gasteiger charge is 2.46. The van der Waals surface area contributed by atoms with Gasteiger partial charge in [0.25, 0.3) is 5.91 Å². The Morgan fingerprint density at radius 1 is 0.894 bits per heavy atom. The fraction of sp³-hybridized carbons (Fsp3) is 0.824. The molecule has 0 radical (unpaired) electrons. The van der Waals surface area contributed by atoms with Gasteiger partial charge in [-0.1, -0.05) is 73.1 Å². The maximum Gasteiger partial charge on any atom is 0.407 e. The van der Waals surface area contributed by atoms with Gasteiger partial charge in [0.2, 0.25) is 17.6 Å². The first-order chi connectivity index (χ1) is 22.1. The molecule has 1 saturated heterocycles. The number of rotatable bonds is 14. The summed E-state index contributed by atoms with van der Waals surface area (Å²) >= 11 is 0. The minimum atomic E-state index is -1.09. The maximum atomic E-state index is 14.5. The van der Waals surface area contributed by atoms with E-state index in [-0.39, 0.29) is 36.2 Å². The van der Waals surface area contributed by atoms with Crippen LogP contribution >= 0.6 is 0 Å². The van der Waals surface area contributed by atoms with E-state index >= 15 is 0 Å². The third-order valence-corrected chi connectivity index (χ3v) is 10.3. The lowest BCUT2D eigenvalue weighted by molar-refractivity contribution is -0.143. The van der Waals surface area contributed by atoms with Crippen LogP contribution in [-0.2, 0) is 23.9 Å². The number of urea groups is 1. The van der Waals surface area contributed by atoms with Crippen LogP contribution in [-0.4, -0.2) is 84.4 Å². The number of alkyl carbamates (subject to hydrolysis) is 1. The number of primary amides is 1. The molecule has 0 aromatic heterocycles. The molecule has 266 valence electrons. The van der Waals surface area contributed by atoms with Gasteiger partial charge in [-0.15, -0.1) is 0 Å². The Bertz CT molecular complexity index is 1130. The Hall–Kier alpha value is -3.38. The van der Waals surface area contributed by atoms with Gasteiger partial charge in [0.05, 0.1) is 12.1 Å². The first-order valence-corrected chi connectivity index (χ1v) is 17.5. The number of nitrogens with zero attached hydrogens (tertiary/aromatic N) is 1. The van der Waals surface area contributed by atoms with Crippen LogP contribution in [0.15, 0.2) is 0 Å². The number of nitrogens with two attached hydrogens (primary N) is 1. The van der Waals surface area contributed by atoms with E-state index in [9.17, 15) is 28.8 Å². The van der Waals surface area contributed by atoms with Crippen molar-refractivity contribution in [1.82, 2.24) is 26.2 Å². The van der Waals surface area contributed by atoms with Crippen LogP contribution in [0.1, 0.15) is 106 Å². The number of amides is 6. The number of hydrogen-bond donors (Lipinski definition) is 5. The van der Waals surface area contributed by atoms with Crippen molar-refractivity contribution in [3.05, 3.63) is 0 Å². The quantitative estimate of drug-likeness (QED) is 0.177. The molecule has 1 aliphatic heterocycles. The van der Waals surface area contributed by atoms with Crippen LogP contribution in [0.3, 0.4) is 0 Å². The van der Waals surface area contributed by atoms with Crippen LogP contribution in [0.25, 0.3) is 0 Å². The highest BCUT2D eigenvalue weighted by atomic mass is 16.5. The number of ketones is 1. The Balaban J connectivity index is 1.82. The molecule has 0 aromatic carbocycles. The molecule has 1 unspecified atom stereocenters. The second-order valence-corrected chi connectivity index (χ2v) is 15.1. The average molecular weight is 663 g/mol. The van der Waals surface area contributed by atoms with Crippen molar-refractivity contribution in [3.8, 4) is 0 Å². The highest BCUT2D eigenvalue weighted by Crippen LogP contribution is 2.34. The van der Waals surface area contributed by atoms with E-state index in [4.69, 9.17) is 10.5 Å². The van der Waals surface area contributed by atoms with E-state index in [1.165, 1.54) is 0 Å². The summed E-state index contributed by atoms with van der Waals surface area (Å²) in [5, 5.41) is 11.2. The Labute approximate surface area is 279 Å². The van der Waals surface area contributed by atoms with Gasteiger partial charge >= 0.3 is 12.1 Å². The first-order valence-electron chi connectivity index (χ1n) is 17.5. The Morgan fingerprint density at radius 2 is 1.55 bits per heavy atom. The Kier molecular flexibility index (Phi) is 13.9. The lowest BCUT2D eigenvalue weighted by Crippen LogP contribution is -2.60. The van der Waals surface area contributed by atoms with Crippen LogP contribution in [0.5, 0.6) is 0 Å². The van der Waals surface area contributed by atoms with Gasteiger partial charge in [0, 0.05) is 13.1 Å². The molecule has 3 rings (SSSR count). The van der Waals surface area contributed by atoms with Crippen molar-refractivity contribution < 1.29 is 33.5 Å². The molecule has 13 heteroatoms. The number of ether oxygens (including phenoxy) is 1. The number of hydrogen-bond acceptors (Lipinski definition) is 7. The van der Waals surface area contributed by atoms with Crippen LogP contribution in [0.4, 0.5) is 9.59 Å². The lowest BCUT2D eigenvalue weighted by atomic mass is 9.80.